The Labute approximate surface area is 424 Å². The van der Waals surface area contributed by atoms with E-state index in [9.17, 15) is 44.4 Å². The number of fused-ring (bicyclic) bond motifs is 1. The third-order valence-electron chi connectivity index (χ3n) is 13.4. The number of amides is 5. The number of carbonyl (C=O) groups is 5. The first-order valence-corrected chi connectivity index (χ1v) is 26.1. The lowest BCUT2D eigenvalue weighted by Crippen LogP contribution is -2.62. The normalized spacial score (nSPS) is 19.5. The van der Waals surface area contributed by atoms with E-state index in [0.717, 1.165) is 46.7 Å². The number of hydrogen-bond donors (Lipinski definition) is 11. The van der Waals surface area contributed by atoms with Gasteiger partial charge in [0.25, 0.3) is 5.91 Å². The number of carbonyl (C=O) groups excluding carboxylic acids is 5. The smallest absolute Gasteiger partial charge is 0.252 e. The fourth-order valence-corrected chi connectivity index (χ4v) is 9.06. The van der Waals surface area contributed by atoms with Gasteiger partial charge >= 0.3 is 0 Å². The van der Waals surface area contributed by atoms with Crippen LogP contribution < -0.4 is 38.5 Å². The molecule has 0 spiro atoms. The summed E-state index contributed by atoms with van der Waals surface area (Å²) in [5.74, 6) is -3.42. The molecule has 1 heterocycles. The maximum absolute atomic E-state index is 14.4. The van der Waals surface area contributed by atoms with Crippen molar-refractivity contribution < 1.29 is 53.9 Å². The molecule has 4 rings (SSSR count). The fourth-order valence-electron chi connectivity index (χ4n) is 9.06. The van der Waals surface area contributed by atoms with Crippen LogP contribution in [0.3, 0.4) is 0 Å². The largest absolute Gasteiger partial charge is 0.508 e. The van der Waals surface area contributed by atoms with E-state index in [1.807, 2.05) is 42.5 Å². The van der Waals surface area contributed by atoms with Crippen molar-refractivity contribution in [3.8, 4) is 5.75 Å². The molecule has 1 aliphatic heterocycles. The van der Waals surface area contributed by atoms with Crippen molar-refractivity contribution in [3.05, 3.63) is 76.9 Å². The molecule has 0 aromatic heterocycles. The first kappa shape index (κ1) is 59.4. The summed E-state index contributed by atoms with van der Waals surface area (Å²) in [4.78, 5) is 68.1. The van der Waals surface area contributed by atoms with E-state index in [-0.39, 0.29) is 57.4 Å². The van der Waals surface area contributed by atoms with Crippen LogP contribution in [-0.2, 0) is 46.3 Å². The third kappa shape index (κ3) is 19.3. The zero-order valence-electron chi connectivity index (χ0n) is 42.6. The monoisotopic (exact) mass is 1010 g/mol. The van der Waals surface area contributed by atoms with E-state index < -0.39 is 84.4 Å². The lowest BCUT2D eigenvalue weighted by molar-refractivity contribution is -0.290. The molecule has 0 aliphatic carbocycles. The van der Waals surface area contributed by atoms with Crippen molar-refractivity contribution in [2.24, 2.45) is 17.2 Å². The van der Waals surface area contributed by atoms with Crippen molar-refractivity contribution in [1.29, 1.82) is 0 Å². The van der Waals surface area contributed by atoms with Crippen LogP contribution in [0.5, 0.6) is 5.75 Å². The predicted molar refractivity (Wildman–Crippen MR) is 276 cm³/mol. The maximum Gasteiger partial charge on any atom is 0.252 e. The summed E-state index contributed by atoms with van der Waals surface area (Å²) in [6.07, 6.45) is 5.41. The Kier molecular flexibility index (Phi) is 25.9. The zero-order valence-corrected chi connectivity index (χ0v) is 42.6. The molecule has 3 aromatic rings. The highest BCUT2D eigenvalue weighted by Crippen LogP contribution is 2.25. The van der Waals surface area contributed by atoms with Gasteiger partial charge in [0.05, 0.1) is 6.04 Å². The van der Waals surface area contributed by atoms with Gasteiger partial charge in [0.1, 0.15) is 42.2 Å². The van der Waals surface area contributed by atoms with Crippen molar-refractivity contribution in [3.63, 3.8) is 0 Å². The van der Waals surface area contributed by atoms with Crippen LogP contribution >= 0.6 is 0 Å². The van der Waals surface area contributed by atoms with Crippen LogP contribution in [0.15, 0.2) is 54.6 Å². The molecular formula is C54H83N7O11. The second-order valence-corrected chi connectivity index (χ2v) is 19.4. The highest BCUT2D eigenvalue weighted by Gasteiger charge is 2.47. The summed E-state index contributed by atoms with van der Waals surface area (Å²) in [7, 11) is 0. The predicted octanol–water partition coefficient (Wildman–Crippen LogP) is 3.38. The molecule has 9 atom stereocenters. The van der Waals surface area contributed by atoms with E-state index in [1.54, 1.807) is 26.0 Å². The summed E-state index contributed by atoms with van der Waals surface area (Å²) < 4.78 is 11.4. The highest BCUT2D eigenvalue weighted by atomic mass is 16.7. The Morgan fingerprint density at radius 2 is 1.25 bits per heavy atom. The highest BCUT2D eigenvalue weighted by molar-refractivity contribution is 5.95. The van der Waals surface area contributed by atoms with Gasteiger partial charge in [-0.05, 0) is 117 Å². The number of nitrogens with one attached hydrogen (secondary N) is 4. The number of rotatable bonds is 33. The van der Waals surface area contributed by atoms with Gasteiger partial charge in [0, 0.05) is 19.6 Å². The number of nitrogens with two attached hydrogens (primary N) is 3. The third-order valence-corrected chi connectivity index (χ3v) is 13.4. The summed E-state index contributed by atoms with van der Waals surface area (Å²) in [5.41, 5.74) is 20.7. The maximum atomic E-state index is 14.4. The molecule has 0 unspecified atom stereocenters. The van der Waals surface area contributed by atoms with E-state index in [2.05, 4.69) is 28.2 Å². The number of ether oxygens (including phenoxy) is 2. The van der Waals surface area contributed by atoms with Crippen LogP contribution in [0.25, 0.3) is 10.8 Å². The lowest BCUT2D eigenvalue weighted by atomic mass is 9.95. The van der Waals surface area contributed by atoms with Crippen LogP contribution in [0.1, 0.15) is 132 Å². The van der Waals surface area contributed by atoms with Crippen molar-refractivity contribution in [2.45, 2.75) is 191 Å². The molecule has 1 fully saturated rings. The Hall–Kier alpha value is -5.21. The standard InChI is InChI=1S/C54H83N7O11/c1-4-5-6-7-8-9-10-11-12-19-28-71-54-47(65)45(63)46(64)48(72-54)53(70)58-27-18-16-23-43(60-50(67)41(56)33-40-34(2)29-39(62)30-35(40)3)51(68)61-44(52(69)59-42(49(57)66)22-15-17-26-55)32-36-24-25-37-20-13-14-21-38(37)31-36/h13-14,20-21,24-25,29-31,41-48,54,62-65H,4-12,15-19,22-23,26-28,32-33,55-56H2,1-3H3,(H2,57,66)(H,58,70)(H,59,69)(H,60,67)(H,61,68)/t41-,42-,43+,44-,45-,46-,47+,48-,54+/m0/s1. The van der Waals surface area contributed by atoms with Crippen LogP contribution in [-0.4, -0.2) is 125 Å². The number of benzene rings is 3. The van der Waals surface area contributed by atoms with Gasteiger partial charge in [-0.25, -0.2) is 0 Å². The number of aliphatic hydroxyl groups is 3. The van der Waals surface area contributed by atoms with Gasteiger partial charge < -0.3 is 68.4 Å². The van der Waals surface area contributed by atoms with Crippen molar-refractivity contribution in [2.75, 3.05) is 19.7 Å². The van der Waals surface area contributed by atoms with E-state index >= 15 is 0 Å². The average Bonchev–Trinajstić information content (AvgIpc) is 3.35. The number of primary amides is 1. The van der Waals surface area contributed by atoms with Gasteiger partial charge in [-0.3, -0.25) is 24.0 Å². The topological polar surface area (TPSA) is 311 Å². The number of aromatic hydroxyl groups is 1. The van der Waals surface area contributed by atoms with Gasteiger partial charge in [-0.1, -0.05) is 107 Å². The second kappa shape index (κ2) is 31.4. The van der Waals surface area contributed by atoms with Crippen LogP contribution in [0, 0.1) is 13.8 Å². The molecule has 72 heavy (non-hydrogen) atoms. The number of aryl methyl sites for hydroxylation is 2. The molecule has 400 valence electrons. The minimum Gasteiger partial charge on any atom is -0.508 e. The molecule has 0 bridgehead atoms. The van der Waals surface area contributed by atoms with Gasteiger partial charge in [-0.2, -0.15) is 0 Å². The number of phenols is 1. The van der Waals surface area contributed by atoms with Gasteiger partial charge in [-0.15, -0.1) is 0 Å². The summed E-state index contributed by atoms with van der Waals surface area (Å²) in [6, 6.07) is 11.9. The fraction of sp³-hybridized carbons (Fsp3) is 0.611. The van der Waals surface area contributed by atoms with Crippen molar-refractivity contribution in [1.82, 2.24) is 21.3 Å². The number of unbranched alkanes of at least 4 members (excludes halogenated alkanes) is 11. The summed E-state index contributed by atoms with van der Waals surface area (Å²) in [6.45, 7) is 6.46. The lowest BCUT2D eigenvalue weighted by Gasteiger charge is -2.39. The quantitative estimate of drug-likeness (QED) is 0.0391. The molecule has 0 saturated carbocycles. The van der Waals surface area contributed by atoms with E-state index in [0.29, 0.717) is 31.4 Å². The molecule has 0 radical (unpaired) electrons. The number of phenolic OH excluding ortho intramolecular Hbond substituents is 1. The Morgan fingerprint density at radius 1 is 0.667 bits per heavy atom. The summed E-state index contributed by atoms with van der Waals surface area (Å²) >= 11 is 0. The van der Waals surface area contributed by atoms with E-state index in [4.69, 9.17) is 26.7 Å². The zero-order chi connectivity index (χ0) is 52.6. The Morgan fingerprint density at radius 3 is 1.90 bits per heavy atom. The van der Waals surface area contributed by atoms with Gasteiger partial charge in [0.2, 0.25) is 23.6 Å². The molecule has 1 saturated heterocycles. The Balaban J connectivity index is 1.43. The second-order valence-electron chi connectivity index (χ2n) is 19.4. The average molecular weight is 1010 g/mol. The molecule has 5 amide bonds. The van der Waals surface area contributed by atoms with Crippen molar-refractivity contribution >= 4 is 40.3 Å². The number of aliphatic hydroxyl groups excluding tert-OH is 3. The first-order valence-electron chi connectivity index (χ1n) is 26.1. The molecular weight excluding hydrogens is 923 g/mol. The molecule has 18 heteroatoms. The SMILES string of the molecule is CCCCCCCCCCCCO[C@@H]1O[C@H](C(=O)NCCCC[C@@H](NC(=O)[C@@H](N)Cc2c(C)cc(O)cc2C)C(=O)N[C@@H](Cc2ccc3ccccc3c2)C(=O)N[C@@H](CCCCN)C(N)=O)[C@@H](O)[C@H](O)[C@H]1O. The van der Waals surface area contributed by atoms with E-state index in [1.165, 1.54) is 38.5 Å². The first-order chi connectivity index (χ1) is 34.5. The summed E-state index contributed by atoms with van der Waals surface area (Å²) in [5, 5.41) is 54.9. The minimum absolute atomic E-state index is 0.0222. The van der Waals surface area contributed by atoms with Gasteiger partial charge in [0.15, 0.2) is 12.4 Å². The van der Waals surface area contributed by atoms with Crippen LogP contribution in [0.2, 0.25) is 0 Å². The minimum atomic E-state index is -1.73. The molecule has 18 nitrogen and oxygen atoms in total. The molecule has 1 aliphatic rings. The molecule has 3 aromatic carbocycles. The number of hydrogen-bond acceptors (Lipinski definition) is 13. The van der Waals surface area contributed by atoms with Crippen LogP contribution in [0.4, 0.5) is 0 Å². The molecule has 14 N–H and O–H groups in total. The Bertz CT molecular complexity index is 2160.